The van der Waals surface area contributed by atoms with Crippen molar-refractivity contribution in [3.8, 4) is 5.69 Å². The summed E-state index contributed by atoms with van der Waals surface area (Å²) in [6, 6.07) is 9.82. The molecule has 0 unspecified atom stereocenters. The van der Waals surface area contributed by atoms with Crippen LogP contribution in [-0.4, -0.2) is 14.8 Å². The van der Waals surface area contributed by atoms with Crippen molar-refractivity contribution in [2.24, 2.45) is 0 Å². The van der Waals surface area contributed by atoms with Crippen LogP contribution >= 0.6 is 31.9 Å². The number of hydrogen-bond donors (Lipinski definition) is 1. The van der Waals surface area contributed by atoms with Crippen LogP contribution in [0.2, 0.25) is 0 Å². The lowest BCUT2D eigenvalue weighted by atomic mass is 10.2. The molecule has 0 aliphatic rings. The number of anilines is 1. The van der Waals surface area contributed by atoms with Crippen LogP contribution in [0.3, 0.4) is 0 Å². The minimum Gasteiger partial charge on any atom is -0.451 e. The Hall–Kier alpha value is -1.60. The first-order valence-electron chi connectivity index (χ1n) is 5.85. The molecule has 0 saturated heterocycles. The number of benzene rings is 1. The highest BCUT2D eigenvalue weighted by atomic mass is 79.9. The quantitative estimate of drug-likeness (QED) is 0.722. The van der Waals surface area contributed by atoms with Gasteiger partial charge in [0.25, 0.3) is 0 Å². The van der Waals surface area contributed by atoms with Crippen molar-refractivity contribution in [2.45, 2.75) is 6.54 Å². The van der Waals surface area contributed by atoms with Crippen molar-refractivity contribution < 1.29 is 4.42 Å². The van der Waals surface area contributed by atoms with Crippen molar-refractivity contribution in [1.29, 1.82) is 0 Å². The Morgan fingerprint density at radius 1 is 1.25 bits per heavy atom. The molecule has 0 aliphatic carbocycles. The van der Waals surface area contributed by atoms with E-state index in [1.54, 1.807) is 11.0 Å². The maximum absolute atomic E-state index is 5.54. The van der Waals surface area contributed by atoms with Gasteiger partial charge in [0.05, 0.1) is 22.4 Å². The molecular weight excluding hydrogens is 388 g/mol. The molecule has 2 aromatic heterocycles. The summed E-state index contributed by atoms with van der Waals surface area (Å²) >= 11 is 6.72. The van der Waals surface area contributed by atoms with Crippen LogP contribution in [0.15, 0.2) is 56.5 Å². The Morgan fingerprint density at radius 3 is 2.80 bits per heavy atom. The van der Waals surface area contributed by atoms with Gasteiger partial charge in [-0.2, -0.15) is 5.10 Å². The highest BCUT2D eigenvalue weighted by molar-refractivity contribution is 9.13. The summed E-state index contributed by atoms with van der Waals surface area (Å²) in [6.45, 7) is 0.579. The summed E-state index contributed by atoms with van der Waals surface area (Å²) in [7, 11) is 0. The average Bonchev–Trinajstić information content (AvgIpc) is 3.08. The second-order valence-corrected chi connectivity index (χ2v) is 5.62. The zero-order valence-corrected chi connectivity index (χ0v) is 13.4. The van der Waals surface area contributed by atoms with Gasteiger partial charge in [0.1, 0.15) is 18.4 Å². The molecule has 102 valence electrons. The SMILES string of the molecule is Brc1cc(CNc2ccccc2-n2cncn2)oc1Br. The predicted molar refractivity (Wildman–Crippen MR) is 82.8 cm³/mol. The maximum Gasteiger partial charge on any atom is 0.183 e. The number of furan rings is 1. The van der Waals surface area contributed by atoms with Gasteiger partial charge in [0.15, 0.2) is 4.67 Å². The van der Waals surface area contributed by atoms with Crippen molar-refractivity contribution in [1.82, 2.24) is 14.8 Å². The second kappa shape index (κ2) is 5.80. The second-order valence-electron chi connectivity index (χ2n) is 4.05. The zero-order chi connectivity index (χ0) is 13.9. The predicted octanol–water partition coefficient (Wildman–Crippen LogP) is 4.00. The standard InChI is InChI=1S/C13H10Br2N4O/c14-10-5-9(20-13(10)15)6-17-11-3-1-2-4-12(11)19-8-16-7-18-19/h1-5,7-8,17H,6H2. The average molecular weight is 398 g/mol. The molecule has 0 amide bonds. The zero-order valence-electron chi connectivity index (χ0n) is 10.3. The molecule has 2 heterocycles. The van der Waals surface area contributed by atoms with E-state index in [0.717, 1.165) is 21.6 Å². The number of nitrogens with zero attached hydrogens (tertiary/aromatic N) is 3. The van der Waals surface area contributed by atoms with Crippen LogP contribution in [0.1, 0.15) is 5.76 Å². The largest absolute Gasteiger partial charge is 0.451 e. The topological polar surface area (TPSA) is 55.9 Å². The van der Waals surface area contributed by atoms with Gasteiger partial charge in [-0.15, -0.1) is 0 Å². The molecule has 20 heavy (non-hydrogen) atoms. The fourth-order valence-electron chi connectivity index (χ4n) is 1.82. The van der Waals surface area contributed by atoms with Gasteiger partial charge in [-0.05, 0) is 50.1 Å². The third-order valence-electron chi connectivity index (χ3n) is 2.72. The number of halogens is 2. The lowest BCUT2D eigenvalue weighted by Gasteiger charge is -2.10. The lowest BCUT2D eigenvalue weighted by Crippen LogP contribution is -2.04. The van der Waals surface area contributed by atoms with Gasteiger partial charge in [-0.25, -0.2) is 9.67 Å². The summed E-state index contributed by atoms with van der Waals surface area (Å²) in [5.74, 6) is 0.831. The highest BCUT2D eigenvalue weighted by Gasteiger charge is 2.08. The van der Waals surface area contributed by atoms with Crippen molar-refractivity contribution in [3.63, 3.8) is 0 Å². The molecule has 0 atom stereocenters. The molecule has 0 bridgehead atoms. The van der Waals surface area contributed by atoms with E-state index >= 15 is 0 Å². The van der Waals surface area contributed by atoms with E-state index in [4.69, 9.17) is 4.42 Å². The molecule has 1 aromatic carbocycles. The maximum atomic E-state index is 5.54. The summed E-state index contributed by atoms with van der Waals surface area (Å²) in [4.78, 5) is 3.97. The van der Waals surface area contributed by atoms with E-state index in [1.807, 2.05) is 30.3 Å². The summed E-state index contributed by atoms with van der Waals surface area (Å²) in [5, 5.41) is 7.48. The Labute approximate surface area is 132 Å². The van der Waals surface area contributed by atoms with E-state index in [2.05, 4.69) is 47.3 Å². The van der Waals surface area contributed by atoms with Crippen molar-refractivity contribution in [3.05, 3.63) is 57.9 Å². The molecule has 0 fully saturated rings. The van der Waals surface area contributed by atoms with E-state index in [1.165, 1.54) is 6.33 Å². The molecular formula is C13H10Br2N4O. The first-order chi connectivity index (χ1) is 9.74. The molecule has 3 rings (SSSR count). The molecule has 7 heteroatoms. The summed E-state index contributed by atoms with van der Waals surface area (Å²) in [5.41, 5.74) is 1.90. The Kier molecular flexibility index (Phi) is 3.88. The Balaban J connectivity index is 1.81. The normalized spacial score (nSPS) is 10.7. The molecule has 5 nitrogen and oxygen atoms in total. The minimum atomic E-state index is 0.579. The van der Waals surface area contributed by atoms with Crippen LogP contribution in [0.5, 0.6) is 0 Å². The van der Waals surface area contributed by atoms with E-state index in [0.29, 0.717) is 11.2 Å². The molecule has 0 aliphatic heterocycles. The monoisotopic (exact) mass is 396 g/mol. The Bertz CT molecular complexity index is 689. The van der Waals surface area contributed by atoms with Crippen LogP contribution in [-0.2, 0) is 6.54 Å². The highest BCUT2D eigenvalue weighted by Crippen LogP contribution is 2.27. The van der Waals surface area contributed by atoms with Crippen LogP contribution in [0.4, 0.5) is 5.69 Å². The number of nitrogens with one attached hydrogen (secondary N) is 1. The third-order valence-corrected chi connectivity index (χ3v) is 4.43. The Morgan fingerprint density at radius 2 is 2.10 bits per heavy atom. The minimum absolute atomic E-state index is 0.579. The van der Waals surface area contributed by atoms with Gasteiger partial charge in [0.2, 0.25) is 0 Å². The lowest BCUT2D eigenvalue weighted by molar-refractivity contribution is 0.494. The van der Waals surface area contributed by atoms with Gasteiger partial charge >= 0.3 is 0 Å². The number of para-hydroxylation sites is 2. The van der Waals surface area contributed by atoms with Gasteiger partial charge in [0, 0.05) is 0 Å². The van der Waals surface area contributed by atoms with Gasteiger partial charge in [-0.1, -0.05) is 12.1 Å². The van der Waals surface area contributed by atoms with Crippen molar-refractivity contribution >= 4 is 37.5 Å². The first-order valence-corrected chi connectivity index (χ1v) is 7.44. The summed E-state index contributed by atoms with van der Waals surface area (Å²) in [6.07, 6.45) is 3.18. The van der Waals surface area contributed by atoms with Crippen LogP contribution < -0.4 is 5.32 Å². The number of rotatable bonds is 4. The number of hydrogen-bond acceptors (Lipinski definition) is 4. The third kappa shape index (κ3) is 2.78. The number of aromatic nitrogens is 3. The van der Waals surface area contributed by atoms with Gasteiger partial charge in [-0.3, -0.25) is 0 Å². The van der Waals surface area contributed by atoms with E-state index in [-0.39, 0.29) is 0 Å². The van der Waals surface area contributed by atoms with E-state index in [9.17, 15) is 0 Å². The van der Waals surface area contributed by atoms with Crippen molar-refractivity contribution in [2.75, 3.05) is 5.32 Å². The smallest absolute Gasteiger partial charge is 0.183 e. The van der Waals surface area contributed by atoms with Gasteiger partial charge < -0.3 is 9.73 Å². The van der Waals surface area contributed by atoms with Crippen LogP contribution in [0.25, 0.3) is 5.69 Å². The molecule has 1 N–H and O–H groups in total. The molecule has 0 radical (unpaired) electrons. The fourth-order valence-corrected chi connectivity index (χ4v) is 2.48. The van der Waals surface area contributed by atoms with Crippen LogP contribution in [0, 0.1) is 0 Å². The fraction of sp³-hybridized carbons (Fsp3) is 0.0769. The van der Waals surface area contributed by atoms with E-state index < -0.39 is 0 Å². The molecule has 3 aromatic rings. The molecule has 0 spiro atoms. The first kappa shape index (κ1) is 13.4. The summed E-state index contributed by atoms with van der Waals surface area (Å²) < 4.78 is 8.85. The molecule has 0 saturated carbocycles.